The van der Waals surface area contributed by atoms with E-state index in [2.05, 4.69) is 20.4 Å². The van der Waals surface area contributed by atoms with Crippen molar-refractivity contribution in [2.75, 3.05) is 25.1 Å². The van der Waals surface area contributed by atoms with Crippen LogP contribution in [-0.2, 0) is 13.2 Å². The van der Waals surface area contributed by atoms with Crippen LogP contribution in [0, 0.1) is 13.8 Å². The average Bonchev–Trinajstić information content (AvgIpc) is 3.47. The van der Waals surface area contributed by atoms with E-state index in [-0.39, 0.29) is 5.91 Å². The van der Waals surface area contributed by atoms with Crippen molar-refractivity contribution in [3.63, 3.8) is 0 Å². The van der Waals surface area contributed by atoms with Crippen LogP contribution < -0.4 is 19.7 Å². The minimum absolute atomic E-state index is 0.191. The number of amides is 1. The van der Waals surface area contributed by atoms with Gasteiger partial charge in [-0.1, -0.05) is 11.2 Å². The van der Waals surface area contributed by atoms with E-state index in [4.69, 9.17) is 14.0 Å². The number of rotatable bonds is 8. The van der Waals surface area contributed by atoms with Gasteiger partial charge in [-0.2, -0.15) is 0 Å². The van der Waals surface area contributed by atoms with Gasteiger partial charge in [-0.15, -0.1) is 0 Å². The lowest BCUT2D eigenvalue weighted by Crippen LogP contribution is -2.23. The number of nitrogens with one attached hydrogen (secondary N) is 1. The van der Waals surface area contributed by atoms with Crippen LogP contribution >= 0.6 is 0 Å². The molecule has 0 aliphatic carbocycles. The van der Waals surface area contributed by atoms with Crippen molar-refractivity contribution in [2.45, 2.75) is 39.8 Å². The molecule has 1 saturated heterocycles. The van der Waals surface area contributed by atoms with Gasteiger partial charge in [-0.05, 0) is 56.5 Å². The van der Waals surface area contributed by atoms with Gasteiger partial charge in [0.1, 0.15) is 18.2 Å². The number of methoxy groups -OCH3 is 1. The Morgan fingerprint density at radius 3 is 2.62 bits per heavy atom. The predicted molar refractivity (Wildman–Crippen MR) is 120 cm³/mol. The molecule has 0 radical (unpaired) electrons. The summed E-state index contributed by atoms with van der Waals surface area (Å²) in [6, 6.07) is 9.15. The molecule has 1 N–H and O–H groups in total. The Hall–Kier alpha value is -3.55. The van der Waals surface area contributed by atoms with Crippen LogP contribution in [-0.4, -0.2) is 36.2 Å². The molecule has 3 aromatic rings. The summed E-state index contributed by atoms with van der Waals surface area (Å²) in [5, 5.41) is 6.87. The SMILES string of the molecule is COc1cc(C(=O)NCc2ccc(N3CCCC3)nc2)ccc1OCc1c(C)noc1C. The van der Waals surface area contributed by atoms with Crippen molar-refractivity contribution in [1.29, 1.82) is 0 Å². The number of aryl methyl sites for hydroxylation is 2. The molecular weight excluding hydrogens is 408 g/mol. The van der Waals surface area contributed by atoms with Gasteiger partial charge in [-0.3, -0.25) is 4.79 Å². The maximum Gasteiger partial charge on any atom is 0.251 e. The van der Waals surface area contributed by atoms with E-state index in [9.17, 15) is 4.79 Å². The number of benzene rings is 1. The Bertz CT molecular complexity index is 1050. The molecule has 8 heteroatoms. The van der Waals surface area contributed by atoms with Gasteiger partial charge in [0.15, 0.2) is 11.5 Å². The molecular formula is C24H28N4O4. The molecule has 4 rings (SSSR count). The first kappa shape index (κ1) is 21.7. The summed E-state index contributed by atoms with van der Waals surface area (Å²) in [5.41, 5.74) is 3.14. The summed E-state index contributed by atoms with van der Waals surface area (Å²) in [4.78, 5) is 19.5. The monoisotopic (exact) mass is 436 g/mol. The van der Waals surface area contributed by atoms with Crippen LogP contribution in [0.4, 0.5) is 5.82 Å². The molecule has 0 atom stereocenters. The third-order valence-electron chi connectivity index (χ3n) is 5.67. The van der Waals surface area contributed by atoms with Gasteiger partial charge < -0.3 is 24.2 Å². The number of ether oxygens (including phenoxy) is 2. The molecule has 3 heterocycles. The fourth-order valence-corrected chi connectivity index (χ4v) is 3.72. The second-order valence-corrected chi connectivity index (χ2v) is 7.86. The van der Waals surface area contributed by atoms with Crippen LogP contribution in [0.3, 0.4) is 0 Å². The van der Waals surface area contributed by atoms with Crippen LogP contribution in [0.5, 0.6) is 11.5 Å². The van der Waals surface area contributed by atoms with Gasteiger partial charge in [0.25, 0.3) is 5.91 Å². The molecule has 0 spiro atoms. The summed E-state index contributed by atoms with van der Waals surface area (Å²) >= 11 is 0. The lowest BCUT2D eigenvalue weighted by atomic mass is 10.1. The van der Waals surface area contributed by atoms with Crippen LogP contribution in [0.1, 0.15) is 45.8 Å². The average molecular weight is 437 g/mol. The zero-order valence-corrected chi connectivity index (χ0v) is 18.7. The van der Waals surface area contributed by atoms with Gasteiger partial charge in [0.2, 0.25) is 0 Å². The van der Waals surface area contributed by atoms with E-state index >= 15 is 0 Å². The van der Waals surface area contributed by atoms with Crippen molar-refractivity contribution < 1.29 is 18.8 Å². The number of carbonyl (C=O) groups excluding carboxylic acids is 1. The van der Waals surface area contributed by atoms with Crippen molar-refractivity contribution >= 4 is 11.7 Å². The van der Waals surface area contributed by atoms with E-state index in [0.717, 1.165) is 41.5 Å². The fourth-order valence-electron chi connectivity index (χ4n) is 3.72. The lowest BCUT2D eigenvalue weighted by Gasteiger charge is -2.16. The molecule has 1 aliphatic heterocycles. The minimum Gasteiger partial charge on any atom is -0.493 e. The third-order valence-corrected chi connectivity index (χ3v) is 5.67. The van der Waals surface area contributed by atoms with E-state index in [1.54, 1.807) is 25.3 Å². The van der Waals surface area contributed by atoms with Gasteiger partial charge >= 0.3 is 0 Å². The molecule has 0 bridgehead atoms. The largest absolute Gasteiger partial charge is 0.493 e. The number of aromatic nitrogens is 2. The Labute approximate surface area is 187 Å². The second kappa shape index (κ2) is 9.72. The maximum atomic E-state index is 12.7. The quantitative estimate of drug-likeness (QED) is 0.574. The number of carbonyl (C=O) groups is 1. The standard InChI is InChI=1S/C24H28N4O4/c1-16-20(17(2)32-27-16)15-31-21-8-7-19(12-22(21)30-3)24(29)26-14-18-6-9-23(25-13-18)28-10-4-5-11-28/h6-9,12-13H,4-5,10-11,14-15H2,1-3H3,(H,26,29). The molecule has 1 aromatic carbocycles. The third kappa shape index (κ3) is 4.85. The van der Waals surface area contributed by atoms with E-state index in [1.165, 1.54) is 12.8 Å². The molecule has 32 heavy (non-hydrogen) atoms. The van der Waals surface area contributed by atoms with Crippen LogP contribution in [0.25, 0.3) is 0 Å². The Morgan fingerprint density at radius 2 is 1.97 bits per heavy atom. The highest BCUT2D eigenvalue weighted by molar-refractivity contribution is 5.94. The molecule has 0 saturated carbocycles. The number of hydrogen-bond donors (Lipinski definition) is 1. The summed E-state index contributed by atoms with van der Waals surface area (Å²) in [6.45, 7) is 6.54. The smallest absolute Gasteiger partial charge is 0.251 e. The number of nitrogens with zero attached hydrogens (tertiary/aromatic N) is 3. The van der Waals surface area contributed by atoms with Crippen molar-refractivity contribution in [2.24, 2.45) is 0 Å². The molecule has 8 nitrogen and oxygen atoms in total. The van der Waals surface area contributed by atoms with E-state index in [0.29, 0.717) is 30.2 Å². The normalized spacial score (nSPS) is 13.3. The van der Waals surface area contributed by atoms with Crippen LogP contribution in [0.2, 0.25) is 0 Å². The first-order valence-corrected chi connectivity index (χ1v) is 10.8. The van der Waals surface area contributed by atoms with Gasteiger partial charge in [0.05, 0.1) is 18.4 Å². The van der Waals surface area contributed by atoms with Gasteiger partial charge in [0, 0.05) is 31.4 Å². The molecule has 2 aromatic heterocycles. The fraction of sp³-hybridized carbons (Fsp3) is 0.375. The number of anilines is 1. The summed E-state index contributed by atoms with van der Waals surface area (Å²) in [6.07, 6.45) is 4.25. The summed E-state index contributed by atoms with van der Waals surface area (Å²) < 4.78 is 16.5. The van der Waals surface area contributed by atoms with E-state index < -0.39 is 0 Å². The first-order chi connectivity index (χ1) is 15.5. The zero-order chi connectivity index (χ0) is 22.5. The Morgan fingerprint density at radius 1 is 1.16 bits per heavy atom. The molecule has 168 valence electrons. The molecule has 1 fully saturated rings. The van der Waals surface area contributed by atoms with Gasteiger partial charge in [-0.25, -0.2) is 4.98 Å². The first-order valence-electron chi connectivity index (χ1n) is 10.8. The Balaban J connectivity index is 1.36. The summed E-state index contributed by atoms with van der Waals surface area (Å²) in [7, 11) is 1.55. The maximum absolute atomic E-state index is 12.7. The highest BCUT2D eigenvalue weighted by Gasteiger charge is 2.15. The van der Waals surface area contributed by atoms with E-state index in [1.807, 2.05) is 32.2 Å². The highest BCUT2D eigenvalue weighted by atomic mass is 16.5. The van der Waals surface area contributed by atoms with Crippen molar-refractivity contribution in [3.05, 3.63) is 64.7 Å². The molecule has 1 amide bonds. The number of hydrogen-bond acceptors (Lipinski definition) is 7. The highest BCUT2D eigenvalue weighted by Crippen LogP contribution is 2.29. The topological polar surface area (TPSA) is 89.7 Å². The minimum atomic E-state index is -0.191. The van der Waals surface area contributed by atoms with Crippen molar-refractivity contribution in [3.8, 4) is 11.5 Å². The molecule has 0 unspecified atom stereocenters. The lowest BCUT2D eigenvalue weighted by molar-refractivity contribution is 0.0950. The Kier molecular flexibility index (Phi) is 6.58. The predicted octanol–water partition coefficient (Wildman–Crippen LogP) is 3.80. The summed E-state index contributed by atoms with van der Waals surface area (Å²) in [5.74, 6) is 2.56. The second-order valence-electron chi connectivity index (χ2n) is 7.86. The zero-order valence-electron chi connectivity index (χ0n) is 18.7. The number of pyridine rings is 1. The van der Waals surface area contributed by atoms with Crippen molar-refractivity contribution in [1.82, 2.24) is 15.5 Å². The van der Waals surface area contributed by atoms with Crippen LogP contribution in [0.15, 0.2) is 41.1 Å². The molecule has 1 aliphatic rings.